The van der Waals surface area contributed by atoms with Gasteiger partial charge in [-0.3, -0.25) is 0 Å². The molecule has 1 aromatic heterocycles. The molecule has 3 rings (SSSR count). The number of hydrogen-bond acceptors (Lipinski definition) is 2. The van der Waals surface area contributed by atoms with Crippen LogP contribution in [-0.2, 0) is 6.42 Å². The number of hydrogen-bond donors (Lipinski definition) is 2. The van der Waals surface area contributed by atoms with Crippen LogP contribution in [0.4, 0.5) is 0 Å². The highest BCUT2D eigenvalue weighted by atomic mass is 35.5. The fourth-order valence-electron chi connectivity index (χ4n) is 3.24. The lowest BCUT2D eigenvalue weighted by Crippen LogP contribution is -1.99. The summed E-state index contributed by atoms with van der Waals surface area (Å²) in [6, 6.07) is 12.6. The molecule has 24 heavy (non-hydrogen) atoms. The highest BCUT2D eigenvalue weighted by molar-refractivity contribution is 7.98. The van der Waals surface area contributed by atoms with Crippen molar-refractivity contribution < 1.29 is 0 Å². The maximum atomic E-state index is 6.57. The number of nitrogens with two attached hydrogens (primary N) is 1. The van der Waals surface area contributed by atoms with Crippen molar-refractivity contribution in [1.29, 1.82) is 0 Å². The monoisotopic (exact) mass is 358 g/mol. The summed E-state index contributed by atoms with van der Waals surface area (Å²) in [6.07, 6.45) is 5.20. The van der Waals surface area contributed by atoms with Crippen LogP contribution in [0.25, 0.3) is 22.2 Å². The van der Waals surface area contributed by atoms with Gasteiger partial charge < -0.3 is 10.7 Å². The first-order valence-corrected chi connectivity index (χ1v) is 9.90. The van der Waals surface area contributed by atoms with Crippen molar-refractivity contribution in [2.45, 2.75) is 31.1 Å². The van der Waals surface area contributed by atoms with Crippen molar-refractivity contribution in [3.05, 3.63) is 52.5 Å². The predicted molar refractivity (Wildman–Crippen MR) is 107 cm³/mol. The number of aromatic amines is 1. The van der Waals surface area contributed by atoms with Crippen molar-refractivity contribution in [3.63, 3.8) is 0 Å². The summed E-state index contributed by atoms with van der Waals surface area (Å²) >= 11 is 8.34. The van der Waals surface area contributed by atoms with Crippen LogP contribution in [0.2, 0.25) is 5.02 Å². The van der Waals surface area contributed by atoms with Crippen LogP contribution in [0.3, 0.4) is 0 Å². The molecule has 0 radical (unpaired) electrons. The second-order valence-electron chi connectivity index (χ2n) is 6.04. The Balaban J connectivity index is 2.24. The van der Waals surface area contributed by atoms with E-state index in [1.807, 2.05) is 6.07 Å². The Morgan fingerprint density at radius 3 is 2.67 bits per heavy atom. The third-order valence-corrected chi connectivity index (χ3v) is 5.58. The van der Waals surface area contributed by atoms with E-state index in [2.05, 4.69) is 48.5 Å². The van der Waals surface area contributed by atoms with E-state index in [1.165, 1.54) is 32.7 Å². The van der Waals surface area contributed by atoms with Gasteiger partial charge in [0, 0.05) is 15.8 Å². The first kappa shape index (κ1) is 17.4. The molecule has 0 saturated carbocycles. The Kier molecular flexibility index (Phi) is 5.54. The molecule has 0 saturated heterocycles. The number of rotatable bonds is 6. The van der Waals surface area contributed by atoms with E-state index >= 15 is 0 Å². The molecule has 0 aliphatic heterocycles. The molecular weight excluding hydrogens is 336 g/mol. The van der Waals surface area contributed by atoms with E-state index in [4.69, 9.17) is 17.3 Å². The SMILES string of the molecule is CSc1ccccc1-c1[nH]c2c(C)ccc(Cl)c2c1CCCCN. The first-order chi connectivity index (χ1) is 11.7. The van der Waals surface area contributed by atoms with Gasteiger partial charge in [0.15, 0.2) is 0 Å². The molecule has 0 atom stereocenters. The largest absolute Gasteiger partial charge is 0.354 e. The smallest absolute Gasteiger partial charge is 0.0509 e. The predicted octanol–water partition coefficient (Wildman–Crippen LogP) is 5.80. The number of benzene rings is 2. The first-order valence-electron chi connectivity index (χ1n) is 8.30. The summed E-state index contributed by atoms with van der Waals surface area (Å²) in [5.74, 6) is 0. The average molecular weight is 359 g/mol. The molecule has 0 bridgehead atoms. The number of aryl methyl sites for hydroxylation is 2. The van der Waals surface area contributed by atoms with Crippen LogP contribution in [-0.4, -0.2) is 17.8 Å². The second-order valence-corrected chi connectivity index (χ2v) is 7.29. The van der Waals surface area contributed by atoms with Gasteiger partial charge in [0.2, 0.25) is 0 Å². The Hall–Kier alpha value is -1.42. The van der Waals surface area contributed by atoms with Gasteiger partial charge in [-0.15, -0.1) is 11.8 Å². The maximum absolute atomic E-state index is 6.57. The molecular formula is C20H23ClN2S. The van der Waals surface area contributed by atoms with Crippen LogP contribution in [0.15, 0.2) is 41.3 Å². The Bertz CT molecular complexity index is 854. The Morgan fingerprint density at radius 1 is 1.12 bits per heavy atom. The van der Waals surface area contributed by atoms with Crippen molar-refractivity contribution >= 4 is 34.3 Å². The molecule has 0 unspecified atom stereocenters. The molecule has 126 valence electrons. The summed E-state index contributed by atoms with van der Waals surface area (Å²) in [4.78, 5) is 4.94. The number of unbranched alkanes of at least 4 members (excludes halogenated alkanes) is 1. The molecule has 3 N–H and O–H groups in total. The molecule has 0 aliphatic carbocycles. The number of thioether (sulfide) groups is 1. The summed E-state index contributed by atoms with van der Waals surface area (Å²) in [5, 5.41) is 1.99. The zero-order chi connectivity index (χ0) is 17.1. The van der Waals surface area contributed by atoms with Crippen molar-refractivity contribution in [1.82, 2.24) is 4.98 Å². The Labute approximate surface area is 152 Å². The van der Waals surface area contributed by atoms with Gasteiger partial charge in [-0.05, 0) is 62.2 Å². The highest BCUT2D eigenvalue weighted by Crippen LogP contribution is 2.39. The van der Waals surface area contributed by atoms with Gasteiger partial charge in [0.1, 0.15) is 0 Å². The third-order valence-electron chi connectivity index (χ3n) is 4.47. The average Bonchev–Trinajstić information content (AvgIpc) is 2.99. The lowest BCUT2D eigenvalue weighted by molar-refractivity contribution is 0.748. The molecule has 1 heterocycles. The van der Waals surface area contributed by atoms with Gasteiger partial charge in [-0.2, -0.15) is 0 Å². The summed E-state index contributed by atoms with van der Waals surface area (Å²) in [5.41, 5.74) is 11.8. The number of aromatic nitrogens is 1. The minimum absolute atomic E-state index is 0.728. The molecule has 0 amide bonds. The van der Waals surface area contributed by atoms with Gasteiger partial charge in [-0.1, -0.05) is 35.9 Å². The molecule has 0 spiro atoms. The van der Waals surface area contributed by atoms with Gasteiger partial charge in [-0.25, -0.2) is 0 Å². The molecule has 2 aromatic carbocycles. The minimum Gasteiger partial charge on any atom is -0.354 e. The highest BCUT2D eigenvalue weighted by Gasteiger charge is 2.18. The van der Waals surface area contributed by atoms with Crippen LogP contribution in [0.5, 0.6) is 0 Å². The van der Waals surface area contributed by atoms with Gasteiger partial charge in [0.05, 0.1) is 16.2 Å². The lowest BCUT2D eigenvalue weighted by atomic mass is 9.99. The molecule has 2 nitrogen and oxygen atoms in total. The fourth-order valence-corrected chi connectivity index (χ4v) is 4.12. The van der Waals surface area contributed by atoms with E-state index in [0.29, 0.717) is 0 Å². The summed E-state index contributed by atoms with van der Waals surface area (Å²) in [7, 11) is 0. The van der Waals surface area contributed by atoms with Crippen LogP contribution in [0, 0.1) is 6.92 Å². The summed E-state index contributed by atoms with van der Waals surface area (Å²) < 4.78 is 0. The van der Waals surface area contributed by atoms with E-state index in [1.54, 1.807) is 11.8 Å². The van der Waals surface area contributed by atoms with Crippen LogP contribution in [0.1, 0.15) is 24.0 Å². The molecule has 0 aliphatic rings. The van der Waals surface area contributed by atoms with Gasteiger partial charge >= 0.3 is 0 Å². The van der Waals surface area contributed by atoms with Crippen molar-refractivity contribution in [2.75, 3.05) is 12.8 Å². The number of nitrogens with one attached hydrogen (secondary N) is 1. The van der Waals surface area contributed by atoms with Crippen LogP contribution < -0.4 is 5.73 Å². The fraction of sp³-hybridized carbons (Fsp3) is 0.300. The van der Waals surface area contributed by atoms with Gasteiger partial charge in [0.25, 0.3) is 0 Å². The quantitative estimate of drug-likeness (QED) is 0.432. The van der Waals surface area contributed by atoms with Crippen LogP contribution >= 0.6 is 23.4 Å². The number of fused-ring (bicyclic) bond motifs is 1. The standard InChI is InChI=1S/C20H23ClN2S/c1-13-10-11-16(21)18-15(8-5-6-12-22)20(23-19(13)18)14-7-3-4-9-17(14)24-2/h3-4,7,9-11,23H,5-6,8,12,22H2,1-2H3. The minimum atomic E-state index is 0.728. The zero-order valence-corrected chi connectivity index (χ0v) is 15.7. The molecule has 3 aromatic rings. The third kappa shape index (κ3) is 3.21. The van der Waals surface area contributed by atoms with Crippen molar-refractivity contribution in [3.8, 4) is 11.3 Å². The van der Waals surface area contributed by atoms with Crippen molar-refractivity contribution in [2.24, 2.45) is 5.73 Å². The number of halogens is 1. The lowest BCUT2D eigenvalue weighted by Gasteiger charge is -2.09. The van der Waals surface area contributed by atoms with E-state index < -0.39 is 0 Å². The molecule has 0 fully saturated rings. The van der Waals surface area contributed by atoms with E-state index in [-0.39, 0.29) is 0 Å². The number of H-pyrrole nitrogens is 1. The second kappa shape index (κ2) is 7.64. The maximum Gasteiger partial charge on any atom is 0.0509 e. The van der Waals surface area contributed by atoms with E-state index in [9.17, 15) is 0 Å². The topological polar surface area (TPSA) is 41.8 Å². The zero-order valence-electron chi connectivity index (χ0n) is 14.2. The summed E-state index contributed by atoms with van der Waals surface area (Å²) in [6.45, 7) is 2.86. The molecule has 4 heteroatoms. The van der Waals surface area contributed by atoms with E-state index in [0.717, 1.165) is 36.3 Å². The normalized spacial score (nSPS) is 11.3. The Morgan fingerprint density at radius 2 is 1.92 bits per heavy atom.